The smallest absolute Gasteiger partial charge is 0.399 e. The number of benzene rings is 1. The molecule has 272 valence electrons. The maximum Gasteiger partial charge on any atom is 0.494 e. The third kappa shape index (κ3) is 9.02. The van der Waals surface area contributed by atoms with Crippen LogP contribution in [-0.2, 0) is 20.5 Å². The van der Waals surface area contributed by atoms with Gasteiger partial charge in [-0.2, -0.15) is 33.7 Å². The van der Waals surface area contributed by atoms with Crippen LogP contribution in [0.2, 0.25) is 0 Å². The Balaban J connectivity index is 0.000000232. The molecular weight excluding hydrogens is 642 g/mol. The van der Waals surface area contributed by atoms with Crippen molar-refractivity contribution in [3.05, 3.63) is 29.3 Å². The minimum absolute atomic E-state index is 0.0404. The number of Topliss-reactive ketones (excluding diaryl/α,β-unsaturated/α-hetero) is 1. The lowest BCUT2D eigenvalue weighted by Gasteiger charge is -2.48. The summed E-state index contributed by atoms with van der Waals surface area (Å²) < 4.78 is 73.3. The second kappa shape index (κ2) is 16.0. The van der Waals surface area contributed by atoms with Crippen molar-refractivity contribution < 1.29 is 36.1 Å². The standard InChI is InChI=1S/C24H33BO3.C14H25F5S/c1-22(2)23(3,4)28-25(27-22)16-7-9-17-15(14-16)6-8-19-18(17)12-13-24(5)20(19)10-11-21(24)26;1-2-3-4-5-6-7-8-11-20-12-9-10-13(15,16)14(17,18)19/h7,9,14,18-20H,6,8,10-13H2,1-5H3;2-12H2,1H3. The summed E-state index contributed by atoms with van der Waals surface area (Å²) >= 11 is 1.47. The molecule has 0 amide bonds. The van der Waals surface area contributed by atoms with Gasteiger partial charge in [-0.1, -0.05) is 70.6 Å². The first-order chi connectivity index (χ1) is 22.4. The van der Waals surface area contributed by atoms with Gasteiger partial charge >= 0.3 is 19.2 Å². The molecule has 1 heterocycles. The van der Waals surface area contributed by atoms with Crippen LogP contribution in [0.15, 0.2) is 18.2 Å². The van der Waals surface area contributed by atoms with Crippen molar-refractivity contribution in [2.45, 2.75) is 167 Å². The second-order valence-corrected chi connectivity index (χ2v) is 17.1. The molecule has 5 rings (SSSR count). The number of rotatable bonds is 13. The molecule has 0 spiro atoms. The van der Waals surface area contributed by atoms with Crippen LogP contribution >= 0.6 is 11.8 Å². The van der Waals surface area contributed by atoms with E-state index in [9.17, 15) is 26.7 Å². The number of halogens is 5. The second-order valence-electron chi connectivity index (χ2n) is 15.9. The first-order valence-corrected chi connectivity index (χ1v) is 19.6. The Labute approximate surface area is 290 Å². The summed E-state index contributed by atoms with van der Waals surface area (Å²) in [6.45, 7) is 12.9. The molecular formula is C38H58BF5O3S. The fourth-order valence-corrected chi connectivity index (χ4v) is 9.26. The molecule has 0 radical (unpaired) electrons. The van der Waals surface area contributed by atoms with Gasteiger partial charge in [0.1, 0.15) is 5.78 Å². The van der Waals surface area contributed by atoms with Crippen molar-refractivity contribution in [2.24, 2.45) is 17.3 Å². The Bertz CT molecular complexity index is 1210. The molecule has 1 aromatic rings. The minimum Gasteiger partial charge on any atom is -0.399 e. The highest BCUT2D eigenvalue weighted by molar-refractivity contribution is 7.99. The van der Waals surface area contributed by atoms with Crippen LogP contribution in [0.4, 0.5) is 22.0 Å². The summed E-state index contributed by atoms with van der Waals surface area (Å²) in [7, 11) is -0.282. The predicted octanol–water partition coefficient (Wildman–Crippen LogP) is 10.9. The van der Waals surface area contributed by atoms with Gasteiger partial charge in [-0.3, -0.25) is 4.79 Å². The zero-order chi connectivity index (χ0) is 35.4. The van der Waals surface area contributed by atoms with Gasteiger partial charge in [0.2, 0.25) is 0 Å². The Hall–Kier alpha value is -1.13. The van der Waals surface area contributed by atoms with Gasteiger partial charge in [0.05, 0.1) is 11.2 Å². The Morgan fingerprint density at radius 1 is 0.833 bits per heavy atom. The van der Waals surface area contributed by atoms with E-state index in [-0.39, 0.29) is 30.2 Å². The van der Waals surface area contributed by atoms with Crippen LogP contribution in [-0.4, -0.2) is 47.7 Å². The van der Waals surface area contributed by atoms with E-state index in [1.165, 1.54) is 61.4 Å². The monoisotopic (exact) mass is 700 g/mol. The maximum absolute atomic E-state index is 12.6. The van der Waals surface area contributed by atoms with Gasteiger partial charge in [-0.25, -0.2) is 0 Å². The first kappa shape index (κ1) is 39.7. The van der Waals surface area contributed by atoms with E-state index in [2.05, 4.69) is 59.7 Å². The molecule has 1 saturated heterocycles. The topological polar surface area (TPSA) is 35.5 Å². The first-order valence-electron chi connectivity index (χ1n) is 18.5. The number of hydrogen-bond acceptors (Lipinski definition) is 4. The third-order valence-electron chi connectivity index (χ3n) is 12.1. The molecule has 3 nitrogen and oxygen atoms in total. The Kier molecular flexibility index (Phi) is 13.3. The number of unbranched alkanes of at least 4 members (excludes halogenated alkanes) is 6. The van der Waals surface area contributed by atoms with Gasteiger partial charge in [0, 0.05) is 18.3 Å². The van der Waals surface area contributed by atoms with E-state index in [1.54, 1.807) is 0 Å². The van der Waals surface area contributed by atoms with Crippen LogP contribution in [0.5, 0.6) is 0 Å². The van der Waals surface area contributed by atoms with Crippen LogP contribution in [0.25, 0.3) is 0 Å². The van der Waals surface area contributed by atoms with Gasteiger partial charge in [0.25, 0.3) is 0 Å². The number of thioether (sulfide) groups is 1. The van der Waals surface area contributed by atoms with Crippen LogP contribution in [0.3, 0.4) is 0 Å². The van der Waals surface area contributed by atoms with E-state index in [4.69, 9.17) is 9.31 Å². The van der Waals surface area contributed by atoms with E-state index in [0.29, 0.717) is 29.3 Å². The lowest BCUT2D eigenvalue weighted by Crippen LogP contribution is -2.43. The highest BCUT2D eigenvalue weighted by Gasteiger charge is 2.57. The molecule has 10 heteroatoms. The molecule has 4 aliphatic rings. The lowest BCUT2D eigenvalue weighted by molar-refractivity contribution is -0.284. The summed E-state index contributed by atoms with van der Waals surface area (Å²) in [6.07, 6.45) is 8.19. The summed E-state index contributed by atoms with van der Waals surface area (Å²) in [5, 5.41) is 0. The van der Waals surface area contributed by atoms with Gasteiger partial charge < -0.3 is 9.31 Å². The van der Waals surface area contributed by atoms with Crippen molar-refractivity contribution >= 4 is 30.1 Å². The average Bonchev–Trinajstić information content (AvgIpc) is 3.44. The van der Waals surface area contributed by atoms with E-state index < -0.39 is 18.5 Å². The fourth-order valence-electron chi connectivity index (χ4n) is 8.30. The minimum atomic E-state index is -5.41. The maximum atomic E-state index is 12.6. The Morgan fingerprint density at radius 3 is 2.10 bits per heavy atom. The number of hydrogen-bond donors (Lipinski definition) is 0. The molecule has 3 aliphatic carbocycles. The summed E-state index contributed by atoms with van der Waals surface area (Å²) in [6, 6.07) is 6.89. The van der Waals surface area contributed by atoms with Gasteiger partial charge in [-0.15, -0.1) is 0 Å². The normalized spacial score (nSPS) is 27.6. The molecule has 1 aliphatic heterocycles. The van der Waals surface area contributed by atoms with Crippen molar-refractivity contribution in [1.29, 1.82) is 0 Å². The van der Waals surface area contributed by atoms with Gasteiger partial charge in [0.15, 0.2) is 0 Å². The zero-order valence-corrected chi connectivity index (χ0v) is 30.9. The number of ketones is 1. The van der Waals surface area contributed by atoms with Gasteiger partial charge in [-0.05, 0) is 118 Å². The van der Waals surface area contributed by atoms with Crippen LogP contribution in [0.1, 0.15) is 148 Å². The summed E-state index contributed by atoms with van der Waals surface area (Å²) in [5.74, 6) is -0.882. The molecule has 0 aromatic heterocycles. The average molecular weight is 701 g/mol. The SMILES string of the molecule is CC12CCC3c4ccc(B5OC(C)(C)C(C)(C)O5)cc4CCC3C1CCC2=O.CCCCCCCCCSCCCC(F)(F)C(F)(F)F. The van der Waals surface area contributed by atoms with E-state index in [0.717, 1.165) is 56.2 Å². The molecule has 0 bridgehead atoms. The lowest BCUT2D eigenvalue weighted by atomic mass is 9.55. The predicted molar refractivity (Wildman–Crippen MR) is 187 cm³/mol. The number of carbonyl (C=O) groups is 1. The molecule has 0 N–H and O–H groups in total. The number of carbonyl (C=O) groups excluding carboxylic acids is 1. The highest BCUT2D eigenvalue weighted by Crippen LogP contribution is 2.59. The Morgan fingerprint density at radius 2 is 1.46 bits per heavy atom. The van der Waals surface area contributed by atoms with Crippen molar-refractivity contribution in [2.75, 3.05) is 11.5 Å². The summed E-state index contributed by atoms with van der Waals surface area (Å²) in [4.78, 5) is 12.5. The van der Waals surface area contributed by atoms with E-state index >= 15 is 0 Å². The van der Waals surface area contributed by atoms with Crippen molar-refractivity contribution in [1.82, 2.24) is 0 Å². The van der Waals surface area contributed by atoms with Crippen molar-refractivity contribution in [3.8, 4) is 0 Å². The molecule has 2 saturated carbocycles. The highest BCUT2D eigenvalue weighted by atomic mass is 32.2. The molecule has 1 aromatic carbocycles. The van der Waals surface area contributed by atoms with Crippen LogP contribution < -0.4 is 5.46 Å². The molecule has 4 atom stereocenters. The van der Waals surface area contributed by atoms with Crippen LogP contribution in [0, 0.1) is 17.3 Å². The summed E-state index contributed by atoms with van der Waals surface area (Å²) in [5.41, 5.74) is 3.50. The molecule has 48 heavy (non-hydrogen) atoms. The van der Waals surface area contributed by atoms with Crippen molar-refractivity contribution in [3.63, 3.8) is 0 Å². The fraction of sp³-hybridized carbons (Fsp3) is 0.816. The zero-order valence-electron chi connectivity index (χ0n) is 30.1. The number of aryl methyl sites for hydroxylation is 1. The number of fused-ring (bicyclic) bond motifs is 5. The quantitative estimate of drug-likeness (QED) is 0.117. The molecule has 3 fully saturated rings. The molecule has 4 unspecified atom stereocenters. The number of alkyl halides is 5. The third-order valence-corrected chi connectivity index (χ3v) is 13.2. The largest absolute Gasteiger partial charge is 0.494 e. The van der Waals surface area contributed by atoms with E-state index in [1.807, 2.05) is 0 Å².